The van der Waals surface area contributed by atoms with E-state index in [0.717, 1.165) is 0 Å². The highest BCUT2D eigenvalue weighted by atomic mass is 16.3. The summed E-state index contributed by atoms with van der Waals surface area (Å²) >= 11 is 0. The van der Waals surface area contributed by atoms with Crippen LogP contribution in [0.15, 0.2) is 11.1 Å². The third-order valence-electron chi connectivity index (χ3n) is 2.08. The van der Waals surface area contributed by atoms with Crippen molar-refractivity contribution in [1.82, 2.24) is 0 Å². The number of hydrogen-bond donors (Lipinski definition) is 2. The van der Waals surface area contributed by atoms with Crippen molar-refractivity contribution in [2.24, 2.45) is 0 Å². The summed E-state index contributed by atoms with van der Waals surface area (Å²) in [6.07, 6.45) is 2.89. The average Bonchev–Trinajstić information content (AvgIpc) is 2.23. The van der Waals surface area contributed by atoms with Gasteiger partial charge in [-0.1, -0.05) is 0 Å². The van der Waals surface area contributed by atoms with Crippen LogP contribution in [0.5, 0.6) is 0 Å². The van der Waals surface area contributed by atoms with E-state index in [4.69, 9.17) is 6.42 Å². The first-order valence-electron chi connectivity index (χ1n) is 3.62. The molecular formula is C9H10O3. The molecule has 0 aromatic carbocycles. The molecule has 0 spiro atoms. The van der Waals surface area contributed by atoms with Gasteiger partial charge in [-0.05, 0) is 18.1 Å². The molecule has 0 saturated heterocycles. The van der Waals surface area contributed by atoms with E-state index in [0.29, 0.717) is 11.1 Å². The number of carbonyl (C=O) groups is 1. The van der Waals surface area contributed by atoms with Crippen molar-refractivity contribution in [3.63, 3.8) is 0 Å². The number of Topliss-reactive ketones (excluding diaryl/α,β-unsaturated/α-hetero) is 1. The van der Waals surface area contributed by atoms with Gasteiger partial charge in [-0.25, -0.2) is 0 Å². The van der Waals surface area contributed by atoms with E-state index < -0.39 is 18.0 Å². The van der Waals surface area contributed by atoms with E-state index in [2.05, 4.69) is 5.92 Å². The minimum absolute atomic E-state index is 0.218. The predicted octanol–water partition coefficient (Wildman–Crippen LogP) is -0.369. The van der Waals surface area contributed by atoms with Crippen molar-refractivity contribution in [3.05, 3.63) is 11.1 Å². The van der Waals surface area contributed by atoms with Crippen LogP contribution in [0.2, 0.25) is 0 Å². The van der Waals surface area contributed by atoms with Crippen molar-refractivity contribution in [2.45, 2.75) is 25.6 Å². The van der Waals surface area contributed by atoms with Crippen LogP contribution in [0.4, 0.5) is 0 Å². The standard InChI is InChI=1S/C9H10O3/c1-3-4-6-5(2)7(10)9(12)8(6)11/h1,7-8,10-11H,4H2,2H3. The SMILES string of the molecule is C#CCC1=C(C)C(O)C(=O)C1O. The van der Waals surface area contributed by atoms with Gasteiger partial charge in [0.1, 0.15) is 12.2 Å². The van der Waals surface area contributed by atoms with Crippen LogP contribution in [0.3, 0.4) is 0 Å². The molecule has 2 atom stereocenters. The van der Waals surface area contributed by atoms with E-state index in [9.17, 15) is 15.0 Å². The quantitative estimate of drug-likeness (QED) is 0.413. The zero-order valence-electron chi connectivity index (χ0n) is 6.74. The second-order valence-electron chi connectivity index (χ2n) is 2.80. The highest BCUT2D eigenvalue weighted by molar-refractivity contribution is 5.96. The van der Waals surface area contributed by atoms with Gasteiger partial charge >= 0.3 is 0 Å². The summed E-state index contributed by atoms with van der Waals surface area (Å²) in [5.41, 5.74) is 0.959. The van der Waals surface area contributed by atoms with Crippen molar-refractivity contribution in [1.29, 1.82) is 0 Å². The lowest BCUT2D eigenvalue weighted by molar-refractivity contribution is -0.130. The third-order valence-corrected chi connectivity index (χ3v) is 2.08. The first-order chi connectivity index (χ1) is 5.59. The lowest BCUT2D eigenvalue weighted by Crippen LogP contribution is -2.25. The minimum atomic E-state index is -1.20. The Kier molecular flexibility index (Phi) is 2.32. The van der Waals surface area contributed by atoms with E-state index in [1.165, 1.54) is 0 Å². The number of carbonyl (C=O) groups excluding carboxylic acids is 1. The largest absolute Gasteiger partial charge is 0.381 e. The minimum Gasteiger partial charge on any atom is -0.381 e. The Balaban J connectivity index is 2.97. The number of terminal acetylenes is 1. The molecule has 0 aromatic heterocycles. The summed E-state index contributed by atoms with van der Waals surface area (Å²) in [5.74, 6) is 1.76. The number of aliphatic hydroxyl groups excluding tert-OH is 2. The molecule has 3 nitrogen and oxygen atoms in total. The molecule has 0 amide bonds. The summed E-state index contributed by atoms with van der Waals surface area (Å²) in [7, 11) is 0. The molecule has 0 saturated carbocycles. The second kappa shape index (κ2) is 3.10. The summed E-state index contributed by atoms with van der Waals surface area (Å²) in [5, 5.41) is 18.5. The van der Waals surface area contributed by atoms with Gasteiger partial charge in [-0.15, -0.1) is 12.3 Å². The van der Waals surface area contributed by atoms with Gasteiger partial charge in [0, 0.05) is 6.42 Å². The molecular weight excluding hydrogens is 156 g/mol. The van der Waals surface area contributed by atoms with Crippen LogP contribution in [0.25, 0.3) is 0 Å². The fourth-order valence-corrected chi connectivity index (χ4v) is 1.27. The Morgan fingerprint density at radius 3 is 2.42 bits per heavy atom. The Labute approximate surface area is 70.7 Å². The van der Waals surface area contributed by atoms with Crippen LogP contribution in [0.1, 0.15) is 13.3 Å². The van der Waals surface area contributed by atoms with E-state index in [1.807, 2.05) is 0 Å². The Hall–Kier alpha value is -1.11. The monoisotopic (exact) mass is 166 g/mol. The van der Waals surface area contributed by atoms with E-state index in [1.54, 1.807) is 6.92 Å². The number of ketones is 1. The fourth-order valence-electron chi connectivity index (χ4n) is 1.27. The topological polar surface area (TPSA) is 57.5 Å². The summed E-state index contributed by atoms with van der Waals surface area (Å²) in [6, 6.07) is 0. The first-order valence-corrected chi connectivity index (χ1v) is 3.62. The molecule has 2 unspecified atom stereocenters. The molecule has 12 heavy (non-hydrogen) atoms. The molecule has 0 aliphatic heterocycles. The highest BCUT2D eigenvalue weighted by Gasteiger charge is 2.36. The Morgan fingerprint density at radius 1 is 1.50 bits per heavy atom. The first kappa shape index (κ1) is 8.98. The molecule has 64 valence electrons. The zero-order chi connectivity index (χ0) is 9.30. The molecule has 1 rings (SSSR count). The average molecular weight is 166 g/mol. The van der Waals surface area contributed by atoms with Crippen molar-refractivity contribution in [2.75, 3.05) is 0 Å². The van der Waals surface area contributed by atoms with Crippen LogP contribution in [-0.2, 0) is 4.79 Å². The Bertz CT molecular complexity index is 283. The maximum absolute atomic E-state index is 11.0. The van der Waals surface area contributed by atoms with Gasteiger partial charge in [0.25, 0.3) is 0 Å². The van der Waals surface area contributed by atoms with Gasteiger partial charge in [0.2, 0.25) is 0 Å². The molecule has 0 fully saturated rings. The lowest BCUT2D eigenvalue weighted by atomic mass is 10.1. The van der Waals surface area contributed by atoms with Crippen molar-refractivity contribution >= 4 is 5.78 Å². The molecule has 0 radical (unpaired) electrons. The maximum atomic E-state index is 11.0. The Morgan fingerprint density at radius 2 is 2.08 bits per heavy atom. The zero-order valence-corrected chi connectivity index (χ0v) is 6.74. The second-order valence-corrected chi connectivity index (χ2v) is 2.80. The molecule has 0 aromatic rings. The normalized spacial score (nSPS) is 29.3. The molecule has 3 heteroatoms. The number of hydrogen-bond acceptors (Lipinski definition) is 3. The predicted molar refractivity (Wildman–Crippen MR) is 43.2 cm³/mol. The third kappa shape index (κ3) is 1.15. The van der Waals surface area contributed by atoms with Gasteiger partial charge in [-0.2, -0.15) is 0 Å². The van der Waals surface area contributed by atoms with Crippen LogP contribution >= 0.6 is 0 Å². The molecule has 0 bridgehead atoms. The van der Waals surface area contributed by atoms with Crippen LogP contribution < -0.4 is 0 Å². The fraction of sp³-hybridized carbons (Fsp3) is 0.444. The molecule has 1 aliphatic rings. The van der Waals surface area contributed by atoms with Crippen LogP contribution in [0, 0.1) is 12.3 Å². The van der Waals surface area contributed by atoms with Crippen LogP contribution in [-0.4, -0.2) is 28.2 Å². The van der Waals surface area contributed by atoms with Gasteiger partial charge in [-0.3, -0.25) is 4.79 Å². The van der Waals surface area contributed by atoms with Gasteiger partial charge in [0.15, 0.2) is 5.78 Å². The van der Waals surface area contributed by atoms with Crippen molar-refractivity contribution < 1.29 is 15.0 Å². The highest BCUT2D eigenvalue weighted by Crippen LogP contribution is 2.25. The van der Waals surface area contributed by atoms with Gasteiger partial charge in [0.05, 0.1) is 0 Å². The lowest BCUT2D eigenvalue weighted by Gasteiger charge is -2.02. The molecule has 1 aliphatic carbocycles. The van der Waals surface area contributed by atoms with E-state index in [-0.39, 0.29) is 6.42 Å². The molecule has 0 heterocycles. The summed E-state index contributed by atoms with van der Waals surface area (Å²) in [4.78, 5) is 11.0. The maximum Gasteiger partial charge on any atom is 0.198 e. The number of rotatable bonds is 1. The molecule has 2 N–H and O–H groups in total. The van der Waals surface area contributed by atoms with Crippen molar-refractivity contribution in [3.8, 4) is 12.3 Å². The van der Waals surface area contributed by atoms with Gasteiger partial charge < -0.3 is 10.2 Å². The smallest absolute Gasteiger partial charge is 0.198 e. The van der Waals surface area contributed by atoms with E-state index >= 15 is 0 Å². The summed E-state index contributed by atoms with van der Waals surface area (Å²) in [6.45, 7) is 1.60. The summed E-state index contributed by atoms with van der Waals surface area (Å²) < 4.78 is 0. The number of aliphatic hydroxyl groups is 2.